The fourth-order valence-corrected chi connectivity index (χ4v) is 3.27. The van der Waals surface area contributed by atoms with Crippen LogP contribution >= 0.6 is 0 Å². The van der Waals surface area contributed by atoms with Gasteiger partial charge < -0.3 is 20.5 Å². The predicted octanol–water partition coefficient (Wildman–Crippen LogP) is 3.99. The summed E-state index contributed by atoms with van der Waals surface area (Å²) >= 11 is 0. The average Bonchev–Trinajstić information content (AvgIpc) is 3.13. The minimum Gasteiger partial charge on any atom is -0.354 e. The molecule has 1 heterocycles. The molecule has 0 aliphatic rings. The smallest absolute Gasteiger partial charge is 0.319 e. The zero-order valence-corrected chi connectivity index (χ0v) is 16.9. The van der Waals surface area contributed by atoms with Gasteiger partial charge in [-0.25, -0.2) is 4.79 Å². The molecule has 1 unspecified atom stereocenters. The van der Waals surface area contributed by atoms with E-state index in [4.69, 9.17) is 0 Å². The summed E-state index contributed by atoms with van der Waals surface area (Å²) in [6.45, 7) is 5.20. The molecule has 2 aromatic carbocycles. The molecule has 3 aromatic rings. The third-order valence-electron chi connectivity index (χ3n) is 4.82. The quantitative estimate of drug-likeness (QED) is 0.507. The highest BCUT2D eigenvalue weighted by atomic mass is 16.2. The van der Waals surface area contributed by atoms with Crippen molar-refractivity contribution in [2.24, 2.45) is 5.92 Å². The zero-order chi connectivity index (χ0) is 20.6. The zero-order valence-electron chi connectivity index (χ0n) is 16.9. The summed E-state index contributed by atoms with van der Waals surface area (Å²) in [4.78, 5) is 24.8. The third-order valence-corrected chi connectivity index (χ3v) is 4.82. The minimum absolute atomic E-state index is 0.0232. The molecule has 1 atom stereocenters. The van der Waals surface area contributed by atoms with Gasteiger partial charge in [0.1, 0.15) is 6.04 Å². The summed E-state index contributed by atoms with van der Waals surface area (Å²) in [5, 5.41) is 9.69. The number of amides is 3. The van der Waals surface area contributed by atoms with Gasteiger partial charge in [0.2, 0.25) is 5.91 Å². The van der Waals surface area contributed by atoms with E-state index in [-0.39, 0.29) is 17.9 Å². The molecule has 0 radical (unpaired) electrons. The highest BCUT2D eigenvalue weighted by molar-refractivity contribution is 5.93. The van der Waals surface area contributed by atoms with E-state index in [1.165, 1.54) is 10.9 Å². The van der Waals surface area contributed by atoms with Crippen LogP contribution in [0.3, 0.4) is 0 Å². The first-order valence-electron chi connectivity index (χ1n) is 9.99. The Morgan fingerprint density at radius 3 is 2.45 bits per heavy atom. The molecule has 0 spiro atoms. The van der Waals surface area contributed by atoms with E-state index < -0.39 is 6.04 Å². The van der Waals surface area contributed by atoms with E-state index in [0.29, 0.717) is 12.2 Å². The van der Waals surface area contributed by atoms with E-state index in [0.717, 1.165) is 13.0 Å². The van der Waals surface area contributed by atoms with Crippen LogP contribution in [0.2, 0.25) is 0 Å². The van der Waals surface area contributed by atoms with Gasteiger partial charge in [-0.2, -0.15) is 0 Å². The standard InChI is InChI=1S/C23H28N4O2/c1-17(2)21(26-23(29)25-19-10-4-3-5-11-19)22(28)24-14-8-15-27-16-13-18-9-6-7-12-20(18)27/h3-7,9-13,16-17,21H,8,14-15H2,1-2H3,(H,24,28)(H2,25,26,29). The SMILES string of the molecule is CC(C)C(NC(=O)Nc1ccccc1)C(=O)NCCCn1ccc2ccccc21. The maximum absolute atomic E-state index is 12.6. The molecule has 29 heavy (non-hydrogen) atoms. The second kappa shape index (κ2) is 9.78. The third kappa shape index (κ3) is 5.60. The summed E-state index contributed by atoms with van der Waals surface area (Å²) in [5.74, 6) is -0.189. The van der Waals surface area contributed by atoms with Crippen molar-refractivity contribution < 1.29 is 9.59 Å². The largest absolute Gasteiger partial charge is 0.354 e. The van der Waals surface area contributed by atoms with Gasteiger partial charge in [0.15, 0.2) is 0 Å². The molecule has 0 aliphatic heterocycles. The molecular formula is C23H28N4O2. The van der Waals surface area contributed by atoms with Crippen LogP contribution in [0.1, 0.15) is 20.3 Å². The maximum Gasteiger partial charge on any atom is 0.319 e. The van der Waals surface area contributed by atoms with Gasteiger partial charge in [-0.05, 0) is 42.0 Å². The van der Waals surface area contributed by atoms with Gasteiger partial charge in [-0.1, -0.05) is 50.2 Å². The van der Waals surface area contributed by atoms with Crippen LogP contribution in [0.25, 0.3) is 10.9 Å². The van der Waals surface area contributed by atoms with Crippen molar-refractivity contribution in [1.29, 1.82) is 0 Å². The normalized spacial score (nSPS) is 12.0. The van der Waals surface area contributed by atoms with Crippen molar-refractivity contribution in [3.8, 4) is 0 Å². The number of hydrogen-bond donors (Lipinski definition) is 3. The fraction of sp³-hybridized carbons (Fsp3) is 0.304. The predicted molar refractivity (Wildman–Crippen MR) is 117 cm³/mol. The maximum atomic E-state index is 12.6. The van der Waals surface area contributed by atoms with Crippen LogP contribution in [0.4, 0.5) is 10.5 Å². The Morgan fingerprint density at radius 1 is 0.966 bits per heavy atom. The van der Waals surface area contributed by atoms with Gasteiger partial charge >= 0.3 is 6.03 Å². The number of fused-ring (bicyclic) bond motifs is 1. The Hall–Kier alpha value is -3.28. The lowest BCUT2D eigenvalue weighted by Crippen LogP contribution is -2.51. The van der Waals surface area contributed by atoms with Crippen LogP contribution in [0, 0.1) is 5.92 Å². The van der Waals surface area contributed by atoms with Gasteiger partial charge in [0.05, 0.1) is 0 Å². The van der Waals surface area contributed by atoms with E-state index in [2.05, 4.69) is 44.9 Å². The molecule has 0 aliphatic carbocycles. The number of para-hydroxylation sites is 2. The Balaban J connectivity index is 1.47. The van der Waals surface area contributed by atoms with Crippen molar-refractivity contribution in [2.45, 2.75) is 32.9 Å². The van der Waals surface area contributed by atoms with Gasteiger partial charge in [-0.3, -0.25) is 4.79 Å². The number of anilines is 1. The topological polar surface area (TPSA) is 75.2 Å². The molecule has 0 fully saturated rings. The highest BCUT2D eigenvalue weighted by Gasteiger charge is 2.23. The summed E-state index contributed by atoms with van der Waals surface area (Å²) < 4.78 is 2.19. The Bertz CT molecular complexity index is 950. The number of carbonyl (C=O) groups is 2. The lowest BCUT2D eigenvalue weighted by Gasteiger charge is -2.22. The van der Waals surface area contributed by atoms with Crippen molar-refractivity contribution in [3.63, 3.8) is 0 Å². The monoisotopic (exact) mass is 392 g/mol. The van der Waals surface area contributed by atoms with Gasteiger partial charge in [0.25, 0.3) is 0 Å². The second-order valence-electron chi connectivity index (χ2n) is 7.40. The Kier molecular flexibility index (Phi) is 6.89. The number of rotatable bonds is 8. The van der Waals surface area contributed by atoms with Crippen LogP contribution in [-0.2, 0) is 11.3 Å². The van der Waals surface area contributed by atoms with Crippen LogP contribution in [0.5, 0.6) is 0 Å². The average molecular weight is 393 g/mol. The lowest BCUT2D eigenvalue weighted by atomic mass is 10.0. The molecule has 3 amide bonds. The van der Waals surface area contributed by atoms with E-state index >= 15 is 0 Å². The Labute approximate surface area is 171 Å². The molecule has 1 aromatic heterocycles. The van der Waals surface area contributed by atoms with Gasteiger partial charge in [-0.15, -0.1) is 0 Å². The number of benzene rings is 2. The number of hydrogen-bond acceptors (Lipinski definition) is 2. The summed E-state index contributed by atoms with van der Waals surface area (Å²) in [6, 6.07) is 18.5. The second-order valence-corrected chi connectivity index (χ2v) is 7.40. The van der Waals surface area contributed by atoms with Gasteiger partial charge in [0, 0.05) is 30.5 Å². The first kappa shape index (κ1) is 20.5. The van der Waals surface area contributed by atoms with Crippen LogP contribution in [0.15, 0.2) is 66.9 Å². The molecule has 0 saturated carbocycles. The molecular weight excluding hydrogens is 364 g/mol. The van der Waals surface area contributed by atoms with Crippen molar-refractivity contribution in [3.05, 3.63) is 66.9 Å². The molecule has 0 bridgehead atoms. The molecule has 3 N–H and O–H groups in total. The number of nitrogens with zero attached hydrogens (tertiary/aromatic N) is 1. The van der Waals surface area contributed by atoms with Crippen LogP contribution < -0.4 is 16.0 Å². The number of nitrogens with one attached hydrogen (secondary N) is 3. The van der Waals surface area contributed by atoms with Crippen molar-refractivity contribution in [1.82, 2.24) is 15.2 Å². The first-order valence-corrected chi connectivity index (χ1v) is 9.99. The summed E-state index contributed by atoms with van der Waals surface area (Å²) in [5.41, 5.74) is 1.88. The van der Waals surface area contributed by atoms with E-state index in [1.807, 2.05) is 44.2 Å². The summed E-state index contributed by atoms with van der Waals surface area (Å²) in [6.07, 6.45) is 2.88. The number of urea groups is 1. The highest BCUT2D eigenvalue weighted by Crippen LogP contribution is 2.15. The van der Waals surface area contributed by atoms with E-state index in [1.54, 1.807) is 12.1 Å². The number of aryl methyl sites for hydroxylation is 1. The van der Waals surface area contributed by atoms with E-state index in [9.17, 15) is 9.59 Å². The van der Waals surface area contributed by atoms with Crippen LogP contribution in [-0.4, -0.2) is 29.1 Å². The fourth-order valence-electron chi connectivity index (χ4n) is 3.27. The minimum atomic E-state index is -0.592. The number of carbonyl (C=O) groups excluding carboxylic acids is 2. The molecule has 152 valence electrons. The molecule has 6 nitrogen and oxygen atoms in total. The first-order chi connectivity index (χ1) is 14.0. The molecule has 6 heteroatoms. The van der Waals surface area contributed by atoms with Crippen molar-refractivity contribution in [2.75, 3.05) is 11.9 Å². The molecule has 3 rings (SSSR count). The summed E-state index contributed by atoms with van der Waals surface area (Å²) in [7, 11) is 0. The Morgan fingerprint density at radius 2 is 1.69 bits per heavy atom. The lowest BCUT2D eigenvalue weighted by molar-refractivity contribution is -0.123. The molecule has 0 saturated heterocycles. The van der Waals surface area contributed by atoms with Crippen molar-refractivity contribution >= 4 is 28.5 Å². The number of aromatic nitrogens is 1.